The van der Waals surface area contributed by atoms with Gasteiger partial charge in [0.1, 0.15) is 0 Å². The van der Waals surface area contributed by atoms with Crippen LogP contribution in [-0.2, 0) is 21.1 Å². The molecule has 1 heterocycles. The minimum atomic E-state index is -4.07. The highest BCUT2D eigenvalue weighted by Gasteiger charge is 2.24. The third-order valence-electron chi connectivity index (χ3n) is 5.60. The molecule has 32 heavy (non-hydrogen) atoms. The second kappa shape index (κ2) is 10.4. The topological polar surface area (TPSA) is 69.7 Å². The molecule has 0 aliphatic carbocycles. The molecule has 0 unspecified atom stereocenters. The van der Waals surface area contributed by atoms with Crippen LogP contribution >= 0.6 is 0 Å². The molecule has 0 aromatic heterocycles. The lowest BCUT2D eigenvalue weighted by Gasteiger charge is -2.34. The minimum Gasteiger partial charge on any atom is -0.369 e. The first-order chi connectivity index (χ1) is 15.2. The molecule has 1 N–H and O–H groups in total. The standard InChI is InChI=1S/C23H29F2N3O3S/c1-3-4-23(29)26-10-9-17-15-18(28-13-11-27(2)12-14-28)5-8-22(17)32(30,31)19-6-7-20(24)21(25)16-19/h5-8,15-16H,3-4,9-14H2,1-2H3,(H,26,29). The Bertz CT molecular complexity index is 1070. The molecule has 1 saturated heterocycles. The number of halogens is 2. The predicted molar refractivity (Wildman–Crippen MR) is 120 cm³/mol. The largest absolute Gasteiger partial charge is 0.369 e. The van der Waals surface area contributed by atoms with Gasteiger partial charge in [-0.3, -0.25) is 4.79 Å². The Morgan fingerprint density at radius 2 is 1.75 bits per heavy atom. The number of carbonyl (C=O) groups is 1. The highest BCUT2D eigenvalue weighted by Crippen LogP contribution is 2.29. The fraction of sp³-hybridized carbons (Fsp3) is 0.435. The maximum Gasteiger partial charge on any atom is 0.219 e. The summed E-state index contributed by atoms with van der Waals surface area (Å²) in [5, 5.41) is 2.81. The lowest BCUT2D eigenvalue weighted by molar-refractivity contribution is -0.121. The number of nitrogens with one attached hydrogen (secondary N) is 1. The number of carbonyl (C=O) groups excluding carboxylic acids is 1. The Morgan fingerprint density at radius 3 is 2.41 bits per heavy atom. The Balaban J connectivity index is 1.94. The van der Waals surface area contributed by atoms with Crippen molar-refractivity contribution in [2.45, 2.75) is 36.0 Å². The first-order valence-electron chi connectivity index (χ1n) is 10.8. The zero-order chi connectivity index (χ0) is 23.3. The van der Waals surface area contributed by atoms with E-state index in [1.54, 1.807) is 6.07 Å². The summed E-state index contributed by atoms with van der Waals surface area (Å²) in [5.74, 6) is -2.41. The molecule has 1 amide bonds. The van der Waals surface area contributed by atoms with Gasteiger partial charge in [-0.25, -0.2) is 17.2 Å². The minimum absolute atomic E-state index is 0.0335. The number of rotatable bonds is 8. The van der Waals surface area contributed by atoms with Crippen LogP contribution in [0.2, 0.25) is 0 Å². The average Bonchev–Trinajstić information content (AvgIpc) is 2.76. The smallest absolute Gasteiger partial charge is 0.219 e. The molecule has 0 bridgehead atoms. The van der Waals surface area contributed by atoms with Gasteiger partial charge in [0.2, 0.25) is 15.7 Å². The van der Waals surface area contributed by atoms with Crippen molar-refractivity contribution in [3.05, 3.63) is 53.6 Å². The van der Waals surface area contributed by atoms with Gasteiger partial charge >= 0.3 is 0 Å². The first-order valence-corrected chi connectivity index (χ1v) is 12.2. The van der Waals surface area contributed by atoms with E-state index in [2.05, 4.69) is 22.2 Å². The average molecular weight is 466 g/mol. The number of anilines is 1. The Kier molecular flexibility index (Phi) is 7.84. The predicted octanol–water partition coefficient (Wildman–Crippen LogP) is 3.01. The lowest BCUT2D eigenvalue weighted by Crippen LogP contribution is -2.44. The molecule has 3 rings (SSSR count). The van der Waals surface area contributed by atoms with E-state index in [-0.39, 0.29) is 22.2 Å². The molecular weight excluding hydrogens is 436 g/mol. The summed E-state index contributed by atoms with van der Waals surface area (Å²) in [5.41, 5.74) is 1.43. The lowest BCUT2D eigenvalue weighted by atomic mass is 10.1. The summed E-state index contributed by atoms with van der Waals surface area (Å²) in [6.07, 6.45) is 1.43. The first kappa shape index (κ1) is 24.1. The monoisotopic (exact) mass is 465 g/mol. The van der Waals surface area contributed by atoms with E-state index >= 15 is 0 Å². The van der Waals surface area contributed by atoms with Gasteiger partial charge in [0.05, 0.1) is 9.79 Å². The van der Waals surface area contributed by atoms with E-state index in [1.807, 2.05) is 13.0 Å². The van der Waals surface area contributed by atoms with Crippen molar-refractivity contribution in [2.24, 2.45) is 0 Å². The quantitative estimate of drug-likeness (QED) is 0.607. The van der Waals surface area contributed by atoms with Crippen molar-refractivity contribution < 1.29 is 22.0 Å². The summed E-state index contributed by atoms with van der Waals surface area (Å²) in [7, 11) is -2.02. The molecule has 9 heteroatoms. The molecule has 0 atom stereocenters. The van der Waals surface area contributed by atoms with Crippen LogP contribution in [0.25, 0.3) is 0 Å². The number of hydrogen-bond acceptors (Lipinski definition) is 5. The normalized spacial score (nSPS) is 15.1. The highest BCUT2D eigenvalue weighted by molar-refractivity contribution is 7.91. The van der Waals surface area contributed by atoms with Crippen LogP contribution in [0.4, 0.5) is 14.5 Å². The third kappa shape index (κ3) is 5.63. The molecule has 2 aromatic rings. The van der Waals surface area contributed by atoms with Crippen LogP contribution in [0.1, 0.15) is 25.3 Å². The molecule has 0 saturated carbocycles. The molecular formula is C23H29F2N3O3S. The third-order valence-corrected chi connectivity index (χ3v) is 7.45. The summed E-state index contributed by atoms with van der Waals surface area (Å²) in [6, 6.07) is 7.67. The zero-order valence-electron chi connectivity index (χ0n) is 18.4. The van der Waals surface area contributed by atoms with Crippen LogP contribution in [0.5, 0.6) is 0 Å². The Hall–Kier alpha value is -2.52. The maximum atomic E-state index is 13.7. The van der Waals surface area contributed by atoms with Gasteiger partial charge in [0.15, 0.2) is 11.6 Å². The summed E-state index contributed by atoms with van der Waals surface area (Å²) in [6.45, 7) is 5.63. The van der Waals surface area contributed by atoms with Crippen LogP contribution in [-0.4, -0.2) is 59.0 Å². The molecule has 1 fully saturated rings. The van der Waals surface area contributed by atoms with E-state index in [0.29, 0.717) is 24.5 Å². The van der Waals surface area contributed by atoms with E-state index in [4.69, 9.17) is 0 Å². The molecule has 0 radical (unpaired) electrons. The van der Waals surface area contributed by atoms with Gasteiger partial charge < -0.3 is 15.1 Å². The second-order valence-electron chi connectivity index (χ2n) is 8.01. The number of piperazine rings is 1. The van der Waals surface area contributed by atoms with Gasteiger partial charge in [-0.15, -0.1) is 0 Å². The number of sulfone groups is 1. The van der Waals surface area contributed by atoms with Crippen LogP contribution in [0, 0.1) is 11.6 Å². The van der Waals surface area contributed by atoms with Gasteiger partial charge in [0, 0.05) is 44.8 Å². The fourth-order valence-electron chi connectivity index (χ4n) is 3.71. The number of nitrogens with zero attached hydrogens (tertiary/aromatic N) is 2. The number of hydrogen-bond donors (Lipinski definition) is 1. The maximum absolute atomic E-state index is 13.7. The Morgan fingerprint density at radius 1 is 1.03 bits per heavy atom. The summed E-state index contributed by atoms with van der Waals surface area (Å²) < 4.78 is 53.6. The summed E-state index contributed by atoms with van der Waals surface area (Å²) >= 11 is 0. The van der Waals surface area contributed by atoms with Gasteiger partial charge in [-0.1, -0.05) is 6.92 Å². The number of likely N-dealkylation sites (N-methyl/N-ethyl adjacent to an activating group) is 1. The summed E-state index contributed by atoms with van der Waals surface area (Å²) in [4.78, 5) is 16.0. The van der Waals surface area contributed by atoms with Crippen LogP contribution in [0.3, 0.4) is 0 Å². The molecule has 1 aliphatic rings. The van der Waals surface area contributed by atoms with E-state index in [1.165, 1.54) is 6.07 Å². The van der Waals surface area contributed by atoms with Crippen molar-refractivity contribution >= 4 is 21.4 Å². The molecule has 0 spiro atoms. The SMILES string of the molecule is CCCC(=O)NCCc1cc(N2CCN(C)CC2)ccc1S(=O)(=O)c1ccc(F)c(F)c1. The molecule has 2 aromatic carbocycles. The van der Waals surface area contributed by atoms with Crippen LogP contribution in [0.15, 0.2) is 46.2 Å². The van der Waals surface area contributed by atoms with Crippen molar-refractivity contribution in [1.29, 1.82) is 0 Å². The molecule has 174 valence electrons. The van der Waals surface area contributed by atoms with Gasteiger partial charge in [0.25, 0.3) is 0 Å². The van der Waals surface area contributed by atoms with Crippen LogP contribution < -0.4 is 10.2 Å². The molecule has 1 aliphatic heterocycles. The zero-order valence-corrected chi connectivity index (χ0v) is 19.2. The van der Waals surface area contributed by atoms with Crippen molar-refractivity contribution in [2.75, 3.05) is 44.7 Å². The number of amides is 1. The van der Waals surface area contributed by atoms with Crippen molar-refractivity contribution in [1.82, 2.24) is 10.2 Å². The Labute approximate surface area is 188 Å². The van der Waals surface area contributed by atoms with Gasteiger partial charge in [-0.05, 0) is 61.9 Å². The van der Waals surface area contributed by atoms with Gasteiger partial charge in [-0.2, -0.15) is 0 Å². The van der Waals surface area contributed by atoms with E-state index in [9.17, 15) is 22.0 Å². The van der Waals surface area contributed by atoms with E-state index in [0.717, 1.165) is 50.4 Å². The fourth-order valence-corrected chi connectivity index (χ4v) is 5.22. The van der Waals surface area contributed by atoms with E-state index < -0.39 is 21.5 Å². The number of benzene rings is 2. The second-order valence-corrected chi connectivity index (χ2v) is 9.93. The highest BCUT2D eigenvalue weighted by atomic mass is 32.2. The van der Waals surface area contributed by atoms with Crippen molar-refractivity contribution in [3.8, 4) is 0 Å². The van der Waals surface area contributed by atoms with Crippen molar-refractivity contribution in [3.63, 3.8) is 0 Å². The molecule has 6 nitrogen and oxygen atoms in total.